The van der Waals surface area contributed by atoms with Crippen molar-refractivity contribution in [1.82, 2.24) is 25.5 Å². The Morgan fingerprint density at radius 2 is 2.11 bits per heavy atom. The van der Waals surface area contributed by atoms with E-state index in [2.05, 4.69) is 41.6 Å². The predicted octanol–water partition coefficient (Wildman–Crippen LogP) is 0.748. The molecule has 0 aliphatic rings. The van der Waals surface area contributed by atoms with Crippen LogP contribution in [0.2, 0.25) is 0 Å². The van der Waals surface area contributed by atoms with Gasteiger partial charge in [0.15, 0.2) is 5.82 Å². The molecule has 0 bridgehead atoms. The minimum absolute atomic E-state index is 0.180. The van der Waals surface area contributed by atoms with E-state index in [0.717, 1.165) is 18.8 Å². The molecule has 0 saturated heterocycles. The fraction of sp³-hybridized carbons (Fsp3) is 0.909. The van der Waals surface area contributed by atoms with E-state index in [-0.39, 0.29) is 6.04 Å². The molecule has 0 aromatic carbocycles. The molecule has 1 aromatic rings. The van der Waals surface area contributed by atoms with Gasteiger partial charge in [0.25, 0.3) is 0 Å². The van der Waals surface area contributed by atoms with Crippen LogP contribution < -0.4 is 5.32 Å². The lowest BCUT2D eigenvalue weighted by Gasteiger charge is -2.13. The van der Waals surface area contributed by atoms with Crippen molar-refractivity contribution in [3.05, 3.63) is 5.82 Å². The lowest BCUT2D eigenvalue weighted by molar-refractivity contribution is 0.436. The van der Waals surface area contributed by atoms with Gasteiger partial charge in [0.1, 0.15) is 0 Å². The van der Waals surface area contributed by atoms with Gasteiger partial charge in [-0.25, -0.2) is 4.68 Å². The van der Waals surface area contributed by atoms with Crippen LogP contribution >= 0.6 is 0 Å². The van der Waals surface area contributed by atoms with Gasteiger partial charge in [-0.2, -0.15) is 0 Å². The molecule has 104 valence electrons. The molecule has 2 unspecified atom stereocenters. The van der Waals surface area contributed by atoms with Crippen molar-refractivity contribution in [3.63, 3.8) is 0 Å². The smallest absolute Gasteiger partial charge is 0.165 e. The Morgan fingerprint density at radius 1 is 1.39 bits per heavy atom. The van der Waals surface area contributed by atoms with Gasteiger partial charge >= 0.3 is 0 Å². The molecule has 1 N–H and O–H groups in total. The predicted molar refractivity (Wildman–Crippen MR) is 72.6 cm³/mol. The first kappa shape index (κ1) is 15.2. The summed E-state index contributed by atoms with van der Waals surface area (Å²) in [4.78, 5) is 0. The molecule has 0 amide bonds. The number of aromatic nitrogens is 4. The van der Waals surface area contributed by atoms with E-state index in [4.69, 9.17) is 0 Å². The van der Waals surface area contributed by atoms with E-state index < -0.39 is 10.8 Å². The Hall–Kier alpha value is -0.820. The number of hydrogen-bond acceptors (Lipinski definition) is 5. The quantitative estimate of drug-likeness (QED) is 0.756. The van der Waals surface area contributed by atoms with Crippen molar-refractivity contribution in [3.8, 4) is 0 Å². The molecule has 0 fully saturated rings. The zero-order valence-corrected chi connectivity index (χ0v) is 12.4. The van der Waals surface area contributed by atoms with Crippen molar-refractivity contribution in [1.29, 1.82) is 0 Å². The summed E-state index contributed by atoms with van der Waals surface area (Å²) in [6, 6.07) is 0.180. The second kappa shape index (κ2) is 7.58. The van der Waals surface area contributed by atoms with Gasteiger partial charge in [0, 0.05) is 22.8 Å². The van der Waals surface area contributed by atoms with Gasteiger partial charge in [-0.3, -0.25) is 4.21 Å². The summed E-state index contributed by atoms with van der Waals surface area (Å²) >= 11 is 0. The Labute approximate surface area is 111 Å². The first-order valence-electron chi connectivity index (χ1n) is 6.28. The first-order chi connectivity index (χ1) is 8.50. The first-order valence-corrected chi connectivity index (χ1v) is 8.01. The molecular formula is C11H23N5OS. The Balaban J connectivity index is 2.50. The topological polar surface area (TPSA) is 72.7 Å². The van der Waals surface area contributed by atoms with Crippen molar-refractivity contribution in [2.24, 2.45) is 5.92 Å². The fourth-order valence-electron chi connectivity index (χ4n) is 1.60. The van der Waals surface area contributed by atoms with Crippen LogP contribution in [0.15, 0.2) is 0 Å². The van der Waals surface area contributed by atoms with E-state index in [1.54, 1.807) is 6.26 Å². The lowest BCUT2D eigenvalue weighted by atomic mass is 10.2. The number of hydrogen-bond donors (Lipinski definition) is 1. The second-order valence-electron chi connectivity index (χ2n) is 4.98. The van der Waals surface area contributed by atoms with E-state index >= 15 is 0 Å². The van der Waals surface area contributed by atoms with Gasteiger partial charge in [0.05, 0.1) is 12.6 Å². The highest BCUT2D eigenvalue weighted by atomic mass is 32.2. The zero-order valence-electron chi connectivity index (χ0n) is 11.6. The van der Waals surface area contributed by atoms with Crippen LogP contribution in [-0.4, -0.2) is 43.0 Å². The van der Waals surface area contributed by atoms with Gasteiger partial charge in [-0.15, -0.1) is 5.10 Å². The van der Waals surface area contributed by atoms with Gasteiger partial charge in [-0.05, 0) is 36.2 Å². The van der Waals surface area contributed by atoms with Gasteiger partial charge in [-0.1, -0.05) is 13.8 Å². The lowest BCUT2D eigenvalue weighted by Crippen LogP contribution is -2.23. The third-order valence-corrected chi connectivity index (χ3v) is 3.45. The van der Waals surface area contributed by atoms with Crippen LogP contribution in [0.4, 0.5) is 0 Å². The van der Waals surface area contributed by atoms with Crippen molar-refractivity contribution in [2.45, 2.75) is 39.8 Å². The highest BCUT2D eigenvalue weighted by Gasteiger charge is 2.13. The molecule has 1 heterocycles. The summed E-state index contributed by atoms with van der Waals surface area (Å²) < 4.78 is 12.9. The molecule has 0 spiro atoms. The largest absolute Gasteiger partial charge is 0.310 e. The molecule has 1 rings (SSSR count). The Bertz CT molecular complexity index is 379. The summed E-state index contributed by atoms with van der Waals surface area (Å²) in [5.41, 5.74) is 0. The molecule has 0 radical (unpaired) electrons. The van der Waals surface area contributed by atoms with E-state index in [9.17, 15) is 4.21 Å². The third kappa shape index (κ3) is 5.22. The van der Waals surface area contributed by atoms with Crippen LogP contribution in [0.3, 0.4) is 0 Å². The fourth-order valence-corrected chi connectivity index (χ4v) is 2.28. The van der Waals surface area contributed by atoms with Crippen molar-refractivity contribution >= 4 is 10.8 Å². The average molecular weight is 273 g/mol. The molecule has 0 aliphatic carbocycles. The van der Waals surface area contributed by atoms with Gasteiger partial charge in [0.2, 0.25) is 0 Å². The van der Waals surface area contributed by atoms with Gasteiger partial charge < -0.3 is 5.32 Å². The summed E-state index contributed by atoms with van der Waals surface area (Å²) in [7, 11) is -0.763. The van der Waals surface area contributed by atoms with E-state index in [0.29, 0.717) is 18.2 Å². The van der Waals surface area contributed by atoms with Crippen LogP contribution in [0, 0.1) is 5.92 Å². The SMILES string of the molecule is CC(C)CNCc1nnnn1C(C)CCS(C)=O. The summed E-state index contributed by atoms with van der Waals surface area (Å²) in [5.74, 6) is 2.12. The minimum atomic E-state index is -0.763. The standard InChI is InChI=1S/C11H23N5OS/c1-9(2)7-12-8-11-13-14-15-16(11)10(3)5-6-18(4)17/h9-10,12H,5-8H2,1-4H3. The number of nitrogens with one attached hydrogen (secondary N) is 1. The number of rotatable bonds is 8. The maximum Gasteiger partial charge on any atom is 0.165 e. The minimum Gasteiger partial charge on any atom is -0.310 e. The molecule has 7 heteroatoms. The normalized spacial score (nSPS) is 14.9. The van der Waals surface area contributed by atoms with E-state index in [1.807, 2.05) is 4.68 Å². The maximum atomic E-state index is 11.1. The van der Waals surface area contributed by atoms with Crippen LogP contribution in [0.25, 0.3) is 0 Å². The van der Waals surface area contributed by atoms with E-state index in [1.165, 1.54) is 0 Å². The number of nitrogens with zero attached hydrogens (tertiary/aromatic N) is 4. The maximum absolute atomic E-state index is 11.1. The van der Waals surface area contributed by atoms with Crippen molar-refractivity contribution < 1.29 is 4.21 Å². The molecule has 1 aromatic heterocycles. The zero-order chi connectivity index (χ0) is 13.5. The van der Waals surface area contributed by atoms with Crippen molar-refractivity contribution in [2.75, 3.05) is 18.6 Å². The van der Waals surface area contributed by atoms with Crippen LogP contribution in [0.1, 0.15) is 39.1 Å². The molecule has 2 atom stereocenters. The second-order valence-corrected chi connectivity index (χ2v) is 6.53. The average Bonchev–Trinajstić information content (AvgIpc) is 2.73. The summed E-state index contributed by atoms with van der Waals surface area (Å²) in [6.07, 6.45) is 2.54. The molecule has 0 aliphatic heterocycles. The summed E-state index contributed by atoms with van der Waals surface area (Å²) in [6.45, 7) is 7.99. The highest BCUT2D eigenvalue weighted by Crippen LogP contribution is 2.10. The summed E-state index contributed by atoms with van der Waals surface area (Å²) in [5, 5.41) is 15.1. The van der Waals surface area contributed by atoms with Crippen LogP contribution in [-0.2, 0) is 17.3 Å². The monoisotopic (exact) mass is 273 g/mol. The van der Waals surface area contributed by atoms with Crippen LogP contribution in [0.5, 0.6) is 0 Å². The molecule has 6 nitrogen and oxygen atoms in total. The number of tetrazole rings is 1. The highest BCUT2D eigenvalue weighted by molar-refractivity contribution is 7.84. The Kier molecular flexibility index (Phi) is 6.42. The molecule has 18 heavy (non-hydrogen) atoms. The Morgan fingerprint density at radius 3 is 2.72 bits per heavy atom. The third-order valence-electron chi connectivity index (χ3n) is 2.64. The molecular weight excluding hydrogens is 250 g/mol. The molecule has 0 saturated carbocycles.